The van der Waals surface area contributed by atoms with Crippen LogP contribution in [0.1, 0.15) is 78.4 Å². The van der Waals surface area contributed by atoms with Crippen molar-refractivity contribution in [3.8, 4) is 18.1 Å². The Balaban J connectivity index is 1.92. The van der Waals surface area contributed by atoms with Crippen molar-refractivity contribution in [1.29, 1.82) is 0 Å². The number of ether oxygens (including phenoxy) is 1. The summed E-state index contributed by atoms with van der Waals surface area (Å²) in [5.41, 5.74) is 2.38. The summed E-state index contributed by atoms with van der Waals surface area (Å²) < 4.78 is 5.49. The highest BCUT2D eigenvalue weighted by molar-refractivity contribution is 5.87. The topological polar surface area (TPSA) is 58.2 Å². The second-order valence-corrected chi connectivity index (χ2v) is 11.1. The number of nitrogens with one attached hydrogen (secondary N) is 1. The maximum Gasteiger partial charge on any atom is 0.223 e. The molecule has 3 heterocycles. The first-order chi connectivity index (χ1) is 14.9. The minimum Gasteiger partial charge on any atom is -0.495 e. The van der Waals surface area contributed by atoms with Gasteiger partial charge in [0.25, 0.3) is 0 Å². The van der Waals surface area contributed by atoms with Gasteiger partial charge in [-0.05, 0) is 58.4 Å². The Morgan fingerprint density at radius 2 is 2.00 bits per heavy atom. The molecular formula is C27H39N3O2. The number of carbonyl (C=O) groups excluding carboxylic acids is 1. The number of pyridine rings is 1. The van der Waals surface area contributed by atoms with Crippen molar-refractivity contribution in [2.24, 2.45) is 11.3 Å². The molecule has 3 rings (SSSR count). The zero-order valence-electron chi connectivity index (χ0n) is 21.0. The lowest BCUT2D eigenvalue weighted by molar-refractivity contribution is -0.140. The monoisotopic (exact) mass is 437 g/mol. The molecule has 174 valence electrons. The Labute approximate surface area is 193 Å². The third-order valence-corrected chi connectivity index (χ3v) is 7.17. The molecule has 5 heteroatoms. The van der Waals surface area contributed by atoms with E-state index < -0.39 is 0 Å². The average Bonchev–Trinajstić information content (AvgIpc) is 3.13. The number of aromatic nitrogens is 2. The zero-order valence-corrected chi connectivity index (χ0v) is 21.0. The second-order valence-electron chi connectivity index (χ2n) is 11.1. The van der Waals surface area contributed by atoms with Crippen LogP contribution in [0.15, 0.2) is 12.4 Å². The van der Waals surface area contributed by atoms with E-state index in [9.17, 15) is 4.79 Å². The molecule has 1 amide bonds. The molecule has 0 bridgehead atoms. The maximum atomic E-state index is 13.8. The van der Waals surface area contributed by atoms with Crippen molar-refractivity contribution in [1.82, 2.24) is 14.9 Å². The molecule has 1 fully saturated rings. The quantitative estimate of drug-likeness (QED) is 0.597. The second kappa shape index (κ2) is 8.81. The third-order valence-electron chi connectivity index (χ3n) is 7.17. The molecule has 1 aliphatic rings. The van der Waals surface area contributed by atoms with Crippen LogP contribution in [-0.2, 0) is 10.2 Å². The Bertz CT molecular complexity index is 1030. The van der Waals surface area contributed by atoms with Crippen LogP contribution in [-0.4, -0.2) is 40.0 Å². The number of aromatic amines is 1. The van der Waals surface area contributed by atoms with Gasteiger partial charge in [0, 0.05) is 46.5 Å². The van der Waals surface area contributed by atoms with Gasteiger partial charge in [0.2, 0.25) is 5.91 Å². The first kappa shape index (κ1) is 24.2. The van der Waals surface area contributed by atoms with E-state index in [2.05, 4.69) is 62.3 Å². The highest BCUT2D eigenvalue weighted by Gasteiger charge is 2.39. The molecule has 0 saturated carbocycles. The Kier molecular flexibility index (Phi) is 6.65. The first-order valence-electron chi connectivity index (χ1n) is 11.7. The van der Waals surface area contributed by atoms with Crippen molar-refractivity contribution in [3.63, 3.8) is 0 Å². The summed E-state index contributed by atoms with van der Waals surface area (Å²) in [6.07, 6.45) is 12.8. The van der Waals surface area contributed by atoms with Gasteiger partial charge in [-0.25, -0.2) is 4.98 Å². The fourth-order valence-corrected chi connectivity index (χ4v) is 5.55. The predicted molar refractivity (Wildman–Crippen MR) is 131 cm³/mol. The molecule has 2 aromatic heterocycles. The third kappa shape index (κ3) is 4.65. The van der Waals surface area contributed by atoms with Crippen molar-refractivity contribution < 1.29 is 9.53 Å². The molecule has 3 atom stereocenters. The minimum absolute atomic E-state index is 0.176. The lowest BCUT2D eigenvalue weighted by Gasteiger charge is -2.46. The normalized spacial score (nSPS) is 22.1. The standard InChI is InChI=1S/C27H39N3O2/c1-10-26(5,6)13-20-12-17(2)11-18(3)30(20)23(31)14-27(7,8)21-15-28-25-24(21)19(4)22(32-9)16-29-25/h1,15-18,20H,11-14H2,2-9H3,(H,28,29). The van der Waals surface area contributed by atoms with Crippen LogP contribution < -0.4 is 4.74 Å². The van der Waals surface area contributed by atoms with Crippen molar-refractivity contribution in [3.05, 3.63) is 23.5 Å². The summed E-state index contributed by atoms with van der Waals surface area (Å²) in [6.45, 7) is 15.0. The number of terminal acetylenes is 1. The number of rotatable bonds is 6. The van der Waals surface area contributed by atoms with Gasteiger partial charge in [-0.3, -0.25) is 4.79 Å². The van der Waals surface area contributed by atoms with Crippen LogP contribution in [0.2, 0.25) is 0 Å². The van der Waals surface area contributed by atoms with Crippen LogP contribution in [0.5, 0.6) is 5.75 Å². The Hall–Kier alpha value is -2.48. The van der Waals surface area contributed by atoms with E-state index in [1.807, 2.05) is 13.1 Å². The van der Waals surface area contributed by atoms with Gasteiger partial charge < -0.3 is 14.6 Å². The van der Waals surface area contributed by atoms with Crippen LogP contribution in [0.4, 0.5) is 0 Å². The minimum atomic E-state index is -0.358. The van der Waals surface area contributed by atoms with Crippen molar-refractivity contribution in [2.45, 2.75) is 91.6 Å². The summed E-state index contributed by atoms with van der Waals surface area (Å²) >= 11 is 0. The average molecular weight is 438 g/mol. The number of methoxy groups -OCH3 is 1. The van der Waals surface area contributed by atoms with Crippen molar-refractivity contribution in [2.75, 3.05) is 7.11 Å². The number of hydrogen-bond donors (Lipinski definition) is 1. The van der Waals surface area contributed by atoms with Crippen LogP contribution in [0.3, 0.4) is 0 Å². The molecule has 0 aliphatic carbocycles. The molecule has 1 N–H and O–H groups in total. The summed E-state index contributed by atoms with van der Waals surface area (Å²) in [7, 11) is 1.66. The Morgan fingerprint density at radius 1 is 1.31 bits per heavy atom. The molecule has 0 radical (unpaired) electrons. The molecular weight excluding hydrogens is 398 g/mol. The number of fused-ring (bicyclic) bond motifs is 1. The number of amides is 1. The number of piperidine rings is 1. The SMILES string of the molecule is C#CC(C)(C)CC1CC(C)CC(C)N1C(=O)CC(C)(C)c1c[nH]c2ncc(OC)c(C)c12. The van der Waals surface area contributed by atoms with E-state index in [1.165, 1.54) is 0 Å². The molecule has 32 heavy (non-hydrogen) atoms. The van der Waals surface area contributed by atoms with E-state index in [1.54, 1.807) is 13.3 Å². The number of hydrogen-bond acceptors (Lipinski definition) is 3. The first-order valence-corrected chi connectivity index (χ1v) is 11.7. The fourth-order valence-electron chi connectivity index (χ4n) is 5.55. The van der Waals surface area contributed by atoms with Gasteiger partial charge in [-0.15, -0.1) is 12.3 Å². The van der Waals surface area contributed by atoms with Gasteiger partial charge in [-0.2, -0.15) is 0 Å². The summed E-state index contributed by atoms with van der Waals surface area (Å²) in [6, 6.07) is 0.390. The number of aryl methyl sites for hydroxylation is 1. The van der Waals surface area contributed by atoms with E-state index >= 15 is 0 Å². The van der Waals surface area contributed by atoms with Gasteiger partial charge in [0.15, 0.2) is 0 Å². The number of carbonyl (C=O) groups is 1. The fraction of sp³-hybridized carbons (Fsp3) is 0.630. The lowest BCUT2D eigenvalue weighted by Crippen LogP contribution is -2.53. The molecule has 2 aromatic rings. The maximum absolute atomic E-state index is 13.8. The van der Waals surface area contributed by atoms with E-state index in [-0.39, 0.29) is 28.8 Å². The van der Waals surface area contributed by atoms with Gasteiger partial charge in [0.1, 0.15) is 11.4 Å². The highest BCUT2D eigenvalue weighted by Crippen LogP contribution is 2.39. The van der Waals surface area contributed by atoms with E-state index in [4.69, 9.17) is 11.2 Å². The van der Waals surface area contributed by atoms with Crippen LogP contribution >= 0.6 is 0 Å². The molecule has 1 saturated heterocycles. The molecule has 1 aliphatic heterocycles. The van der Waals surface area contributed by atoms with E-state index in [0.29, 0.717) is 12.3 Å². The summed E-state index contributed by atoms with van der Waals surface area (Å²) in [5.74, 6) is 4.48. The Morgan fingerprint density at radius 3 is 2.62 bits per heavy atom. The number of H-pyrrole nitrogens is 1. The number of nitrogens with zero attached hydrogens (tertiary/aromatic N) is 2. The smallest absolute Gasteiger partial charge is 0.223 e. The van der Waals surface area contributed by atoms with Crippen LogP contribution in [0.25, 0.3) is 11.0 Å². The molecule has 5 nitrogen and oxygen atoms in total. The van der Waals surface area contributed by atoms with Gasteiger partial charge in [-0.1, -0.05) is 20.8 Å². The van der Waals surface area contributed by atoms with Crippen LogP contribution in [0, 0.1) is 30.6 Å². The summed E-state index contributed by atoms with van der Waals surface area (Å²) in [5, 5.41) is 1.05. The lowest BCUT2D eigenvalue weighted by atomic mass is 9.77. The molecule has 3 unspecified atom stereocenters. The summed E-state index contributed by atoms with van der Waals surface area (Å²) in [4.78, 5) is 23.7. The molecule has 0 spiro atoms. The van der Waals surface area contributed by atoms with Gasteiger partial charge >= 0.3 is 0 Å². The zero-order chi connectivity index (χ0) is 23.8. The number of likely N-dealkylation sites (tertiary alicyclic amines) is 1. The van der Waals surface area contributed by atoms with Crippen molar-refractivity contribution >= 4 is 16.9 Å². The van der Waals surface area contributed by atoms with E-state index in [0.717, 1.165) is 47.2 Å². The molecule has 0 aromatic carbocycles. The highest BCUT2D eigenvalue weighted by atomic mass is 16.5. The van der Waals surface area contributed by atoms with Gasteiger partial charge in [0.05, 0.1) is 13.3 Å². The largest absolute Gasteiger partial charge is 0.495 e. The predicted octanol–water partition coefficient (Wildman–Crippen LogP) is 5.61.